The van der Waals surface area contributed by atoms with Gasteiger partial charge in [0.2, 0.25) is 0 Å². The van der Waals surface area contributed by atoms with E-state index < -0.39 is 5.60 Å². The molecule has 150 valence electrons. The highest BCUT2D eigenvalue weighted by atomic mass is 16.3. The van der Waals surface area contributed by atoms with Crippen LogP contribution in [0.5, 0.6) is 0 Å². The smallest absolute Gasteiger partial charge is 0.0764 e. The zero-order valence-corrected chi connectivity index (χ0v) is 17.3. The molecular weight excluding hydrogens is 344 g/mol. The Morgan fingerprint density at radius 3 is 2.11 bits per heavy atom. The molecule has 0 aliphatic carbocycles. The van der Waals surface area contributed by atoms with E-state index in [1.54, 1.807) is 0 Å². The molecular formula is C25H34N2O. The van der Waals surface area contributed by atoms with Crippen LogP contribution < -0.4 is 0 Å². The number of likely N-dealkylation sites (tertiary alicyclic amines) is 1. The van der Waals surface area contributed by atoms with Gasteiger partial charge in [-0.3, -0.25) is 9.80 Å². The molecule has 1 fully saturated rings. The van der Waals surface area contributed by atoms with Crippen molar-refractivity contribution in [3.05, 3.63) is 71.3 Å². The van der Waals surface area contributed by atoms with Gasteiger partial charge in [-0.15, -0.1) is 0 Å². The Kier molecular flexibility index (Phi) is 5.86. The summed E-state index contributed by atoms with van der Waals surface area (Å²) < 4.78 is 0. The van der Waals surface area contributed by atoms with Gasteiger partial charge in [0.15, 0.2) is 0 Å². The van der Waals surface area contributed by atoms with Crippen LogP contribution in [0.25, 0.3) is 0 Å². The second-order valence-corrected chi connectivity index (χ2v) is 9.04. The summed E-state index contributed by atoms with van der Waals surface area (Å²) >= 11 is 0. The average Bonchev–Trinajstić information content (AvgIpc) is 2.72. The lowest BCUT2D eigenvalue weighted by Crippen LogP contribution is -2.58. The molecule has 2 aromatic rings. The van der Waals surface area contributed by atoms with Crippen molar-refractivity contribution < 1.29 is 5.11 Å². The van der Waals surface area contributed by atoms with Crippen molar-refractivity contribution in [2.45, 2.75) is 63.8 Å². The molecule has 3 heteroatoms. The van der Waals surface area contributed by atoms with E-state index in [4.69, 9.17) is 0 Å². The minimum Gasteiger partial charge on any atom is -0.389 e. The van der Waals surface area contributed by atoms with Crippen LogP contribution in [0.2, 0.25) is 0 Å². The Hall–Kier alpha value is -1.68. The largest absolute Gasteiger partial charge is 0.389 e. The number of fused-ring (bicyclic) bond motifs is 1. The van der Waals surface area contributed by atoms with E-state index >= 15 is 0 Å². The molecule has 1 saturated heterocycles. The first-order chi connectivity index (χ1) is 13.5. The highest BCUT2D eigenvalue weighted by Gasteiger charge is 2.42. The summed E-state index contributed by atoms with van der Waals surface area (Å²) in [6, 6.07) is 20.0. The second kappa shape index (κ2) is 8.36. The molecule has 1 N–H and O–H groups in total. The van der Waals surface area contributed by atoms with Gasteiger partial charge in [-0.2, -0.15) is 0 Å². The van der Waals surface area contributed by atoms with Crippen molar-refractivity contribution in [3.8, 4) is 0 Å². The third kappa shape index (κ3) is 4.17. The topological polar surface area (TPSA) is 26.7 Å². The summed E-state index contributed by atoms with van der Waals surface area (Å²) in [4.78, 5) is 5.16. The van der Waals surface area contributed by atoms with E-state index in [1.807, 2.05) is 13.8 Å². The minimum absolute atomic E-state index is 0.0838. The molecule has 2 aromatic carbocycles. The lowest BCUT2D eigenvalue weighted by Gasteiger charge is -2.49. The molecule has 4 rings (SSSR count). The van der Waals surface area contributed by atoms with Crippen LogP contribution >= 0.6 is 0 Å². The SMILES string of the molecule is CC(C)(O)C(C(c1ccccc1)N1CCc2ccccc2C1)N1CCCCC1. The molecule has 0 bridgehead atoms. The van der Waals surface area contributed by atoms with Gasteiger partial charge in [0.1, 0.15) is 0 Å². The standard InChI is InChI=1S/C25H34N2O/c1-25(2,28)24(26-16-9-4-10-17-26)23(21-12-5-3-6-13-21)27-18-15-20-11-7-8-14-22(20)19-27/h3,5-8,11-14,23-24,28H,4,9-10,15-19H2,1-2H3. The fraction of sp³-hybridized carbons (Fsp3) is 0.520. The summed E-state index contributed by atoms with van der Waals surface area (Å²) in [6.45, 7) is 8.16. The van der Waals surface area contributed by atoms with Crippen molar-refractivity contribution in [2.24, 2.45) is 0 Å². The fourth-order valence-corrected chi connectivity index (χ4v) is 5.23. The Morgan fingerprint density at radius 1 is 0.786 bits per heavy atom. The van der Waals surface area contributed by atoms with E-state index in [0.717, 1.165) is 32.6 Å². The summed E-state index contributed by atoms with van der Waals surface area (Å²) in [5.74, 6) is 0. The van der Waals surface area contributed by atoms with E-state index in [9.17, 15) is 5.11 Å². The van der Waals surface area contributed by atoms with Gasteiger partial charge in [0.25, 0.3) is 0 Å². The van der Waals surface area contributed by atoms with Gasteiger partial charge in [-0.05, 0) is 62.9 Å². The molecule has 0 aromatic heterocycles. The maximum absolute atomic E-state index is 11.3. The monoisotopic (exact) mass is 378 g/mol. The van der Waals surface area contributed by atoms with Crippen molar-refractivity contribution in [1.82, 2.24) is 9.80 Å². The molecule has 3 nitrogen and oxygen atoms in total. The molecule has 2 heterocycles. The zero-order valence-electron chi connectivity index (χ0n) is 17.3. The van der Waals surface area contributed by atoms with E-state index in [0.29, 0.717) is 0 Å². The number of benzene rings is 2. The highest BCUT2D eigenvalue weighted by molar-refractivity contribution is 5.31. The number of aliphatic hydroxyl groups is 1. The van der Waals surface area contributed by atoms with Gasteiger partial charge in [0.05, 0.1) is 17.7 Å². The van der Waals surface area contributed by atoms with Gasteiger partial charge < -0.3 is 5.11 Å². The van der Waals surface area contributed by atoms with E-state index in [1.165, 1.54) is 36.0 Å². The van der Waals surface area contributed by atoms with Crippen molar-refractivity contribution in [3.63, 3.8) is 0 Å². The van der Waals surface area contributed by atoms with Gasteiger partial charge >= 0.3 is 0 Å². The molecule has 0 radical (unpaired) electrons. The van der Waals surface area contributed by atoms with Crippen LogP contribution in [0.15, 0.2) is 54.6 Å². The average molecular weight is 379 g/mol. The zero-order chi connectivity index (χ0) is 19.6. The predicted octanol–water partition coefficient (Wildman–Crippen LogP) is 4.41. The Bertz CT molecular complexity index is 762. The molecule has 2 aliphatic heterocycles. The fourth-order valence-electron chi connectivity index (χ4n) is 5.23. The second-order valence-electron chi connectivity index (χ2n) is 9.04. The normalized spacial score (nSPS) is 21.1. The molecule has 2 aliphatic rings. The van der Waals surface area contributed by atoms with Crippen LogP contribution in [0, 0.1) is 0 Å². The Labute approximate surface area is 170 Å². The lowest BCUT2D eigenvalue weighted by atomic mass is 9.83. The molecule has 2 atom stereocenters. The third-order valence-corrected chi connectivity index (χ3v) is 6.50. The van der Waals surface area contributed by atoms with Gasteiger partial charge in [-0.25, -0.2) is 0 Å². The maximum atomic E-state index is 11.3. The summed E-state index contributed by atoms with van der Waals surface area (Å²) in [5.41, 5.74) is 3.46. The van der Waals surface area contributed by atoms with Crippen LogP contribution in [-0.2, 0) is 13.0 Å². The maximum Gasteiger partial charge on any atom is 0.0764 e. The van der Waals surface area contributed by atoms with E-state index in [-0.39, 0.29) is 12.1 Å². The minimum atomic E-state index is -0.769. The van der Waals surface area contributed by atoms with E-state index in [2.05, 4.69) is 64.4 Å². The number of rotatable bonds is 5. The molecule has 2 unspecified atom stereocenters. The van der Waals surface area contributed by atoms with Crippen molar-refractivity contribution >= 4 is 0 Å². The van der Waals surface area contributed by atoms with Crippen LogP contribution in [0.4, 0.5) is 0 Å². The van der Waals surface area contributed by atoms with Gasteiger partial charge in [0, 0.05) is 13.1 Å². The molecule has 0 spiro atoms. The summed E-state index contributed by atoms with van der Waals surface area (Å²) in [5, 5.41) is 11.3. The van der Waals surface area contributed by atoms with Gasteiger partial charge in [-0.1, -0.05) is 61.0 Å². The van der Waals surface area contributed by atoms with Crippen LogP contribution in [0.3, 0.4) is 0 Å². The quantitative estimate of drug-likeness (QED) is 0.835. The van der Waals surface area contributed by atoms with Crippen LogP contribution in [-0.4, -0.2) is 46.2 Å². The lowest BCUT2D eigenvalue weighted by molar-refractivity contribution is -0.0703. The van der Waals surface area contributed by atoms with Crippen molar-refractivity contribution in [1.29, 1.82) is 0 Å². The predicted molar refractivity (Wildman–Crippen MR) is 115 cm³/mol. The first-order valence-electron chi connectivity index (χ1n) is 10.9. The molecule has 0 saturated carbocycles. The number of hydrogen-bond donors (Lipinski definition) is 1. The number of piperidine rings is 1. The Balaban J connectivity index is 1.72. The van der Waals surface area contributed by atoms with Crippen LogP contribution in [0.1, 0.15) is 55.8 Å². The summed E-state index contributed by atoms with van der Waals surface area (Å²) in [7, 11) is 0. The van der Waals surface area contributed by atoms with Crippen molar-refractivity contribution in [2.75, 3.05) is 19.6 Å². The highest BCUT2D eigenvalue weighted by Crippen LogP contribution is 2.37. The summed E-state index contributed by atoms with van der Waals surface area (Å²) in [6.07, 6.45) is 4.86. The number of hydrogen-bond acceptors (Lipinski definition) is 3. The molecule has 0 amide bonds. The Morgan fingerprint density at radius 2 is 1.43 bits per heavy atom. The first kappa shape index (κ1) is 19.6. The first-order valence-corrected chi connectivity index (χ1v) is 10.9. The third-order valence-electron chi connectivity index (χ3n) is 6.50. The molecule has 28 heavy (non-hydrogen) atoms. The number of nitrogens with zero attached hydrogens (tertiary/aromatic N) is 2.